The van der Waals surface area contributed by atoms with Gasteiger partial charge in [-0.15, -0.1) is 15.7 Å². The zero-order valence-corrected chi connectivity index (χ0v) is 16.8. The topological polar surface area (TPSA) is 87.0 Å². The molecule has 0 bridgehead atoms. The molecule has 0 amide bonds. The van der Waals surface area contributed by atoms with E-state index in [1.807, 2.05) is 0 Å². The number of thiazole rings is 1. The summed E-state index contributed by atoms with van der Waals surface area (Å²) in [6.07, 6.45) is 0. The molecule has 26 heavy (non-hydrogen) atoms. The fourth-order valence-electron chi connectivity index (χ4n) is 2.18. The Hall–Kier alpha value is -1.88. The lowest BCUT2D eigenvalue weighted by atomic mass is 10.3. The molecular weight excluding hydrogens is 420 g/mol. The van der Waals surface area contributed by atoms with Crippen LogP contribution in [-0.4, -0.2) is 33.2 Å². The van der Waals surface area contributed by atoms with Crippen molar-refractivity contribution in [3.05, 3.63) is 39.5 Å². The number of methoxy groups -OCH3 is 2. The molecule has 138 valence electrons. The first-order valence-electron chi connectivity index (χ1n) is 7.14. The molecular formula is C15H13ClN2O5S3. The molecule has 0 N–H and O–H groups in total. The second-order valence-electron chi connectivity index (χ2n) is 5.01. The highest BCUT2D eigenvalue weighted by Gasteiger charge is 2.18. The summed E-state index contributed by atoms with van der Waals surface area (Å²) in [7, 11) is -1.15. The predicted molar refractivity (Wildman–Crippen MR) is 100 cm³/mol. The number of rotatable bonds is 5. The van der Waals surface area contributed by atoms with Crippen LogP contribution in [0.5, 0.6) is 5.75 Å². The van der Waals surface area contributed by atoms with Crippen LogP contribution in [-0.2, 0) is 26.1 Å². The van der Waals surface area contributed by atoms with E-state index in [1.54, 1.807) is 18.2 Å². The molecule has 0 atom stereocenters. The molecule has 1 aromatic carbocycles. The first-order chi connectivity index (χ1) is 12.3. The molecule has 7 nitrogen and oxygen atoms in total. The maximum absolute atomic E-state index is 12.6. The third-order valence-corrected chi connectivity index (χ3v) is 7.53. The van der Waals surface area contributed by atoms with E-state index in [4.69, 9.17) is 21.1 Å². The monoisotopic (exact) mass is 432 g/mol. The third kappa shape index (κ3) is 3.78. The number of sulfonamides is 1. The van der Waals surface area contributed by atoms with Crippen molar-refractivity contribution < 1.29 is 22.7 Å². The minimum atomic E-state index is -3.96. The Morgan fingerprint density at radius 2 is 2.00 bits per heavy atom. The number of benzene rings is 1. The van der Waals surface area contributed by atoms with Crippen LogP contribution in [0, 0.1) is 0 Å². The summed E-state index contributed by atoms with van der Waals surface area (Å²) in [5.41, 5.74) is 0.652. The Morgan fingerprint density at radius 3 is 2.62 bits per heavy atom. The Labute approximate surface area is 162 Å². The molecule has 0 unspecified atom stereocenters. The minimum Gasteiger partial charge on any atom is -0.497 e. The summed E-state index contributed by atoms with van der Waals surface area (Å²) < 4.78 is 41.5. The van der Waals surface area contributed by atoms with Gasteiger partial charge in [0, 0.05) is 0 Å². The Kier molecular flexibility index (Phi) is 5.37. The van der Waals surface area contributed by atoms with Gasteiger partial charge in [0.05, 0.1) is 28.8 Å². The van der Waals surface area contributed by atoms with Crippen molar-refractivity contribution in [3.8, 4) is 5.75 Å². The van der Waals surface area contributed by atoms with Crippen molar-refractivity contribution in [1.82, 2.24) is 4.57 Å². The van der Waals surface area contributed by atoms with Crippen LogP contribution >= 0.6 is 34.3 Å². The minimum absolute atomic E-state index is 0.0298. The normalized spacial score (nSPS) is 12.5. The lowest BCUT2D eigenvalue weighted by molar-refractivity contribution is -0.141. The molecule has 3 aromatic rings. The number of carbonyl (C=O) groups is 1. The molecule has 2 heterocycles. The van der Waals surface area contributed by atoms with Gasteiger partial charge in [-0.05, 0) is 30.3 Å². The maximum atomic E-state index is 12.6. The number of aromatic nitrogens is 1. The van der Waals surface area contributed by atoms with Crippen LogP contribution in [0.25, 0.3) is 10.2 Å². The van der Waals surface area contributed by atoms with E-state index in [1.165, 1.54) is 30.9 Å². The lowest BCUT2D eigenvalue weighted by Crippen LogP contribution is -2.22. The summed E-state index contributed by atoms with van der Waals surface area (Å²) in [6, 6.07) is 8.10. The first kappa shape index (κ1) is 18.9. The summed E-state index contributed by atoms with van der Waals surface area (Å²) >= 11 is 7.87. The first-order valence-corrected chi connectivity index (χ1v) is 10.6. The SMILES string of the molecule is COC(=O)Cn1c(=NS(=O)(=O)c2ccc(Cl)s2)sc2cc(OC)ccc21. The van der Waals surface area contributed by atoms with E-state index in [2.05, 4.69) is 4.40 Å². The molecule has 0 spiro atoms. The molecule has 0 aliphatic heterocycles. The number of esters is 1. The van der Waals surface area contributed by atoms with Gasteiger partial charge in [-0.3, -0.25) is 4.79 Å². The Morgan fingerprint density at radius 1 is 1.23 bits per heavy atom. The summed E-state index contributed by atoms with van der Waals surface area (Å²) in [4.78, 5) is 11.9. The zero-order valence-electron chi connectivity index (χ0n) is 13.6. The number of ether oxygens (including phenoxy) is 2. The van der Waals surface area contributed by atoms with Gasteiger partial charge in [0.1, 0.15) is 16.5 Å². The number of hydrogen-bond donors (Lipinski definition) is 0. The van der Waals surface area contributed by atoms with Gasteiger partial charge in [-0.1, -0.05) is 22.9 Å². The van der Waals surface area contributed by atoms with Gasteiger partial charge < -0.3 is 14.0 Å². The van der Waals surface area contributed by atoms with Crippen molar-refractivity contribution in [1.29, 1.82) is 0 Å². The van der Waals surface area contributed by atoms with Gasteiger partial charge in [0.25, 0.3) is 10.0 Å². The summed E-state index contributed by atoms with van der Waals surface area (Å²) in [5.74, 6) is 0.0990. The highest BCUT2D eigenvalue weighted by Crippen LogP contribution is 2.27. The van der Waals surface area contributed by atoms with Crippen molar-refractivity contribution in [3.63, 3.8) is 0 Å². The van der Waals surface area contributed by atoms with E-state index in [9.17, 15) is 13.2 Å². The summed E-state index contributed by atoms with van der Waals surface area (Å²) in [5, 5.41) is 0. The average molecular weight is 433 g/mol. The molecule has 11 heteroatoms. The zero-order chi connectivity index (χ0) is 18.9. The molecule has 0 aliphatic rings. The number of carbonyl (C=O) groups excluding carboxylic acids is 1. The van der Waals surface area contributed by atoms with Gasteiger partial charge in [0.2, 0.25) is 4.80 Å². The van der Waals surface area contributed by atoms with Crippen molar-refractivity contribution >= 4 is 60.5 Å². The predicted octanol–water partition coefficient (Wildman–Crippen LogP) is 2.89. The van der Waals surface area contributed by atoms with Crippen molar-refractivity contribution in [2.45, 2.75) is 10.8 Å². The molecule has 2 aromatic heterocycles. The standard InChI is InChI=1S/C15H13ClN2O5S3/c1-22-9-3-4-10-11(7-9)24-15(18(10)8-13(19)23-2)17-26(20,21)14-6-5-12(16)25-14/h3-7H,8H2,1-2H3. The third-order valence-electron chi connectivity index (χ3n) is 3.41. The molecule has 0 fully saturated rings. The van der Waals surface area contributed by atoms with Gasteiger partial charge in [0.15, 0.2) is 0 Å². The summed E-state index contributed by atoms with van der Waals surface area (Å²) in [6.45, 7) is -0.164. The fourth-order valence-corrected chi connectivity index (χ4v) is 5.90. The lowest BCUT2D eigenvalue weighted by Gasteiger charge is -2.04. The van der Waals surface area contributed by atoms with Crippen LogP contribution in [0.4, 0.5) is 0 Å². The average Bonchev–Trinajstić information content (AvgIpc) is 3.18. The number of halogens is 1. The van der Waals surface area contributed by atoms with Gasteiger partial charge in [-0.2, -0.15) is 8.42 Å². The van der Waals surface area contributed by atoms with E-state index < -0.39 is 16.0 Å². The largest absolute Gasteiger partial charge is 0.497 e. The van der Waals surface area contributed by atoms with Crippen LogP contribution in [0.15, 0.2) is 38.9 Å². The van der Waals surface area contributed by atoms with Gasteiger partial charge >= 0.3 is 5.97 Å². The maximum Gasteiger partial charge on any atom is 0.325 e. The van der Waals surface area contributed by atoms with Gasteiger partial charge in [-0.25, -0.2) is 0 Å². The fraction of sp³-hybridized carbons (Fsp3) is 0.200. The highest BCUT2D eigenvalue weighted by atomic mass is 35.5. The van der Waals surface area contributed by atoms with E-state index in [0.717, 1.165) is 27.4 Å². The quantitative estimate of drug-likeness (QED) is 0.578. The van der Waals surface area contributed by atoms with E-state index >= 15 is 0 Å². The van der Waals surface area contributed by atoms with Crippen molar-refractivity contribution in [2.75, 3.05) is 14.2 Å². The molecule has 0 aliphatic carbocycles. The Balaban J connectivity index is 2.23. The molecule has 0 saturated heterocycles. The second-order valence-corrected chi connectivity index (χ2v) is 9.56. The number of fused-ring (bicyclic) bond motifs is 1. The van der Waals surface area contributed by atoms with E-state index in [0.29, 0.717) is 15.6 Å². The van der Waals surface area contributed by atoms with E-state index in [-0.39, 0.29) is 15.6 Å². The number of nitrogens with zero attached hydrogens (tertiary/aromatic N) is 2. The molecule has 0 saturated carbocycles. The van der Waals surface area contributed by atoms with Crippen LogP contribution in [0.1, 0.15) is 0 Å². The second kappa shape index (κ2) is 7.39. The van der Waals surface area contributed by atoms with Crippen LogP contribution in [0.3, 0.4) is 0 Å². The van der Waals surface area contributed by atoms with Crippen LogP contribution in [0.2, 0.25) is 4.34 Å². The Bertz CT molecular complexity index is 1140. The van der Waals surface area contributed by atoms with Crippen LogP contribution < -0.4 is 9.54 Å². The molecule has 3 rings (SSSR count). The molecule has 0 radical (unpaired) electrons. The smallest absolute Gasteiger partial charge is 0.325 e. The highest BCUT2D eigenvalue weighted by molar-refractivity contribution is 7.92. The number of thiophene rings is 1. The number of hydrogen-bond acceptors (Lipinski definition) is 7. The van der Waals surface area contributed by atoms with Crippen molar-refractivity contribution in [2.24, 2.45) is 4.40 Å².